The second-order valence-electron chi connectivity index (χ2n) is 4.31. The number of nitrogens with zero attached hydrogens (tertiary/aromatic N) is 1. The van der Waals surface area contributed by atoms with E-state index >= 15 is 0 Å². The van der Waals surface area contributed by atoms with Gasteiger partial charge in [0, 0.05) is 12.6 Å². The molecule has 0 radical (unpaired) electrons. The Hall–Kier alpha value is -2.89. The van der Waals surface area contributed by atoms with Crippen molar-refractivity contribution in [2.45, 2.75) is 6.92 Å². The molecule has 0 saturated heterocycles. The fourth-order valence-corrected chi connectivity index (χ4v) is 1.73. The summed E-state index contributed by atoms with van der Waals surface area (Å²) in [6.07, 6.45) is 1.55. The number of benzene rings is 1. The lowest BCUT2D eigenvalue weighted by molar-refractivity contribution is -0.114. The number of anilines is 3. The standard InChI is InChI=1S/C15H15N3O3/c1-10(19)17-13-6-7-14(16-9-13)18-12-5-3-4-11(8-12)15(20)21-2/h3-9H,1-2H3,(H,16,18)(H,17,19). The lowest BCUT2D eigenvalue weighted by Gasteiger charge is -2.08. The number of pyridine rings is 1. The van der Waals surface area contributed by atoms with Crippen LogP contribution >= 0.6 is 0 Å². The number of hydrogen-bond acceptors (Lipinski definition) is 5. The summed E-state index contributed by atoms with van der Waals surface area (Å²) in [6, 6.07) is 10.4. The summed E-state index contributed by atoms with van der Waals surface area (Å²) in [5.41, 5.74) is 1.80. The quantitative estimate of drug-likeness (QED) is 0.844. The molecule has 0 unspecified atom stereocenters. The highest BCUT2D eigenvalue weighted by molar-refractivity contribution is 5.90. The number of hydrogen-bond donors (Lipinski definition) is 2. The van der Waals surface area contributed by atoms with Gasteiger partial charge in [-0.2, -0.15) is 0 Å². The van der Waals surface area contributed by atoms with Gasteiger partial charge in [0.25, 0.3) is 0 Å². The number of carbonyl (C=O) groups is 2. The van der Waals surface area contributed by atoms with Gasteiger partial charge >= 0.3 is 5.97 Å². The molecular formula is C15H15N3O3. The number of methoxy groups -OCH3 is 1. The number of carbonyl (C=O) groups excluding carboxylic acids is 2. The van der Waals surface area contributed by atoms with Gasteiger partial charge < -0.3 is 15.4 Å². The minimum atomic E-state index is -0.396. The van der Waals surface area contributed by atoms with E-state index < -0.39 is 5.97 Å². The molecule has 108 valence electrons. The molecule has 6 nitrogen and oxygen atoms in total. The number of rotatable bonds is 4. The van der Waals surface area contributed by atoms with Gasteiger partial charge in [-0.3, -0.25) is 4.79 Å². The zero-order chi connectivity index (χ0) is 15.2. The van der Waals surface area contributed by atoms with Gasteiger partial charge in [-0.1, -0.05) is 6.07 Å². The monoisotopic (exact) mass is 285 g/mol. The molecule has 2 rings (SSSR count). The Bertz CT molecular complexity index is 653. The maximum Gasteiger partial charge on any atom is 0.337 e. The van der Waals surface area contributed by atoms with Crippen LogP contribution in [0.1, 0.15) is 17.3 Å². The predicted octanol–water partition coefficient (Wildman–Crippen LogP) is 2.57. The van der Waals surface area contributed by atoms with E-state index in [0.29, 0.717) is 17.1 Å². The first-order chi connectivity index (χ1) is 10.1. The van der Waals surface area contributed by atoms with Crippen molar-refractivity contribution in [2.75, 3.05) is 17.7 Å². The molecule has 1 aromatic carbocycles. The van der Waals surface area contributed by atoms with E-state index in [1.54, 1.807) is 36.5 Å². The molecular weight excluding hydrogens is 270 g/mol. The molecule has 0 saturated carbocycles. The van der Waals surface area contributed by atoms with Crippen molar-refractivity contribution >= 4 is 29.1 Å². The molecule has 1 heterocycles. The van der Waals surface area contributed by atoms with Crippen LogP contribution in [0.2, 0.25) is 0 Å². The van der Waals surface area contributed by atoms with E-state index in [2.05, 4.69) is 20.4 Å². The number of ether oxygens (including phenoxy) is 1. The molecule has 2 aromatic rings. The van der Waals surface area contributed by atoms with Crippen molar-refractivity contribution in [3.05, 3.63) is 48.2 Å². The normalized spacial score (nSPS) is 9.81. The van der Waals surface area contributed by atoms with E-state index in [0.717, 1.165) is 5.69 Å². The molecule has 0 fully saturated rings. The smallest absolute Gasteiger partial charge is 0.337 e. The molecule has 1 amide bonds. The second-order valence-corrected chi connectivity index (χ2v) is 4.31. The Kier molecular flexibility index (Phi) is 4.50. The summed E-state index contributed by atoms with van der Waals surface area (Å²) >= 11 is 0. The summed E-state index contributed by atoms with van der Waals surface area (Å²) in [4.78, 5) is 26.6. The van der Waals surface area contributed by atoms with Crippen molar-refractivity contribution in [3.63, 3.8) is 0 Å². The lowest BCUT2D eigenvalue weighted by Crippen LogP contribution is -2.06. The van der Waals surface area contributed by atoms with Crippen LogP contribution < -0.4 is 10.6 Å². The summed E-state index contributed by atoms with van der Waals surface area (Å²) in [7, 11) is 1.34. The molecule has 0 aliphatic rings. The summed E-state index contributed by atoms with van der Waals surface area (Å²) < 4.78 is 4.67. The number of esters is 1. The third-order valence-electron chi connectivity index (χ3n) is 2.64. The molecule has 0 atom stereocenters. The minimum Gasteiger partial charge on any atom is -0.465 e. The van der Waals surface area contributed by atoms with E-state index in [1.165, 1.54) is 14.0 Å². The first-order valence-electron chi connectivity index (χ1n) is 6.27. The van der Waals surface area contributed by atoms with Crippen LogP contribution in [-0.2, 0) is 9.53 Å². The number of nitrogens with one attached hydrogen (secondary N) is 2. The van der Waals surface area contributed by atoms with Gasteiger partial charge in [-0.25, -0.2) is 9.78 Å². The highest BCUT2D eigenvalue weighted by Gasteiger charge is 2.06. The fraction of sp³-hybridized carbons (Fsp3) is 0.133. The fourth-order valence-electron chi connectivity index (χ4n) is 1.73. The van der Waals surface area contributed by atoms with Crippen molar-refractivity contribution < 1.29 is 14.3 Å². The maximum absolute atomic E-state index is 11.5. The van der Waals surface area contributed by atoms with Crippen LogP contribution in [0, 0.1) is 0 Å². The molecule has 2 N–H and O–H groups in total. The molecule has 0 aliphatic carbocycles. The molecule has 0 aliphatic heterocycles. The van der Waals surface area contributed by atoms with Gasteiger partial charge in [0.1, 0.15) is 5.82 Å². The Morgan fingerprint density at radius 1 is 1.14 bits per heavy atom. The highest BCUT2D eigenvalue weighted by Crippen LogP contribution is 2.17. The third kappa shape index (κ3) is 4.04. The Balaban J connectivity index is 2.11. The third-order valence-corrected chi connectivity index (χ3v) is 2.64. The first kappa shape index (κ1) is 14.5. The SMILES string of the molecule is COC(=O)c1cccc(Nc2ccc(NC(C)=O)cn2)c1. The summed E-state index contributed by atoms with van der Waals surface area (Å²) in [6.45, 7) is 1.43. The predicted molar refractivity (Wildman–Crippen MR) is 79.6 cm³/mol. The zero-order valence-corrected chi connectivity index (χ0v) is 11.7. The molecule has 0 spiro atoms. The van der Waals surface area contributed by atoms with Gasteiger partial charge in [-0.05, 0) is 30.3 Å². The summed E-state index contributed by atoms with van der Waals surface area (Å²) in [5, 5.41) is 5.71. The average molecular weight is 285 g/mol. The maximum atomic E-state index is 11.5. The van der Waals surface area contributed by atoms with Gasteiger partial charge in [0.05, 0.1) is 24.6 Å². The van der Waals surface area contributed by atoms with Crippen molar-refractivity contribution in [1.29, 1.82) is 0 Å². The van der Waals surface area contributed by atoms with Gasteiger partial charge in [0.15, 0.2) is 0 Å². The molecule has 6 heteroatoms. The summed E-state index contributed by atoms with van der Waals surface area (Å²) in [5.74, 6) is 0.0574. The zero-order valence-electron chi connectivity index (χ0n) is 11.7. The second kappa shape index (κ2) is 6.51. The van der Waals surface area contributed by atoms with E-state index in [1.807, 2.05) is 6.07 Å². The van der Waals surface area contributed by atoms with E-state index in [9.17, 15) is 9.59 Å². The van der Waals surface area contributed by atoms with Crippen LogP contribution in [0.15, 0.2) is 42.6 Å². The van der Waals surface area contributed by atoms with Crippen LogP contribution in [-0.4, -0.2) is 24.0 Å². The molecule has 21 heavy (non-hydrogen) atoms. The van der Waals surface area contributed by atoms with Crippen LogP contribution in [0.25, 0.3) is 0 Å². The van der Waals surface area contributed by atoms with Crippen LogP contribution in [0.5, 0.6) is 0 Å². The topological polar surface area (TPSA) is 80.3 Å². The van der Waals surface area contributed by atoms with Gasteiger partial charge in [0.2, 0.25) is 5.91 Å². The molecule has 1 aromatic heterocycles. The lowest BCUT2D eigenvalue weighted by atomic mass is 10.2. The van der Waals surface area contributed by atoms with E-state index in [-0.39, 0.29) is 5.91 Å². The Labute approximate surface area is 122 Å². The van der Waals surface area contributed by atoms with Gasteiger partial charge in [-0.15, -0.1) is 0 Å². The highest BCUT2D eigenvalue weighted by atomic mass is 16.5. The largest absolute Gasteiger partial charge is 0.465 e. The first-order valence-corrected chi connectivity index (χ1v) is 6.27. The van der Waals surface area contributed by atoms with Crippen LogP contribution in [0.3, 0.4) is 0 Å². The van der Waals surface area contributed by atoms with E-state index in [4.69, 9.17) is 0 Å². The number of amides is 1. The Morgan fingerprint density at radius 2 is 1.95 bits per heavy atom. The Morgan fingerprint density at radius 3 is 2.57 bits per heavy atom. The number of aromatic nitrogens is 1. The minimum absolute atomic E-state index is 0.150. The average Bonchev–Trinajstić information content (AvgIpc) is 2.48. The van der Waals surface area contributed by atoms with Crippen molar-refractivity contribution in [2.24, 2.45) is 0 Å². The van der Waals surface area contributed by atoms with Crippen LogP contribution in [0.4, 0.5) is 17.2 Å². The van der Waals surface area contributed by atoms with Crippen molar-refractivity contribution in [3.8, 4) is 0 Å². The molecule has 0 bridgehead atoms. The van der Waals surface area contributed by atoms with Crippen molar-refractivity contribution in [1.82, 2.24) is 4.98 Å².